The Morgan fingerprint density at radius 1 is 0.566 bits per heavy atom. The van der Waals surface area contributed by atoms with Crippen molar-refractivity contribution in [2.45, 2.75) is 31.4 Å². The zero-order valence-electron chi connectivity index (χ0n) is 29.5. The van der Waals surface area contributed by atoms with Crippen LogP contribution in [0.2, 0.25) is 0 Å². The maximum Gasteiger partial charge on any atom is 0.183 e. The van der Waals surface area contributed by atoms with Crippen molar-refractivity contribution in [3.05, 3.63) is 192 Å². The van der Waals surface area contributed by atoms with Gasteiger partial charge in [-0.1, -0.05) is 117 Å². The van der Waals surface area contributed by atoms with Crippen molar-refractivity contribution < 1.29 is 9.15 Å². The standard InChI is InChI=1S/C49H36N2O2/c1-49(2)41-17-9-6-14-37(41)38-29-28-36(30-42(38)49)50(33-22-20-32(21-23-33)31-12-4-3-5-13-31)34-24-26-35(27-25-34)51-45-39-15-7-10-18-43(39)52-47(45)48-46(51)40-16-8-11-19-44(40)53-48/h3-30,45,47H,1-2H3. The zero-order chi connectivity index (χ0) is 35.3. The van der Waals surface area contributed by atoms with Gasteiger partial charge in [0.25, 0.3) is 0 Å². The molecule has 3 heterocycles. The van der Waals surface area contributed by atoms with Crippen molar-refractivity contribution in [1.29, 1.82) is 0 Å². The van der Waals surface area contributed by atoms with Crippen molar-refractivity contribution in [1.82, 2.24) is 0 Å². The van der Waals surface area contributed by atoms with Crippen LogP contribution in [0.4, 0.5) is 28.4 Å². The van der Waals surface area contributed by atoms with E-state index in [4.69, 9.17) is 9.15 Å². The fourth-order valence-electron chi connectivity index (χ4n) is 9.06. The largest absolute Gasteiger partial charge is 0.479 e. The van der Waals surface area contributed by atoms with Gasteiger partial charge >= 0.3 is 0 Å². The van der Waals surface area contributed by atoms with Crippen LogP contribution in [-0.4, -0.2) is 0 Å². The van der Waals surface area contributed by atoms with Gasteiger partial charge in [-0.05, 0) is 100 Å². The quantitative estimate of drug-likeness (QED) is 0.180. The molecule has 4 heteroatoms. The number of para-hydroxylation sites is 2. The highest BCUT2D eigenvalue weighted by molar-refractivity contribution is 5.98. The van der Waals surface area contributed by atoms with Gasteiger partial charge in [0, 0.05) is 39.1 Å². The van der Waals surface area contributed by atoms with Gasteiger partial charge in [-0.25, -0.2) is 0 Å². The van der Waals surface area contributed by atoms with Gasteiger partial charge in [-0.15, -0.1) is 0 Å². The normalized spacial score (nSPS) is 17.1. The van der Waals surface area contributed by atoms with Crippen molar-refractivity contribution >= 4 is 39.4 Å². The summed E-state index contributed by atoms with van der Waals surface area (Å²) < 4.78 is 13.1. The monoisotopic (exact) mass is 684 g/mol. The van der Waals surface area contributed by atoms with Crippen LogP contribution < -0.4 is 14.5 Å². The second-order valence-corrected chi connectivity index (χ2v) is 14.9. The lowest BCUT2D eigenvalue weighted by Crippen LogP contribution is -2.20. The van der Waals surface area contributed by atoms with Crippen LogP contribution in [0, 0.1) is 0 Å². The zero-order valence-corrected chi connectivity index (χ0v) is 29.5. The molecule has 2 unspecified atom stereocenters. The second-order valence-electron chi connectivity index (χ2n) is 14.9. The maximum absolute atomic E-state index is 6.59. The number of anilines is 5. The smallest absolute Gasteiger partial charge is 0.183 e. The van der Waals surface area contributed by atoms with Gasteiger partial charge < -0.3 is 19.0 Å². The predicted molar refractivity (Wildman–Crippen MR) is 215 cm³/mol. The number of hydrogen-bond donors (Lipinski definition) is 0. The van der Waals surface area contributed by atoms with Crippen molar-refractivity contribution in [2.75, 3.05) is 9.80 Å². The summed E-state index contributed by atoms with van der Waals surface area (Å²) >= 11 is 0. The number of furan rings is 1. The van der Waals surface area contributed by atoms with Gasteiger partial charge in [-0.2, -0.15) is 0 Å². The molecule has 8 aromatic rings. The lowest BCUT2D eigenvalue weighted by atomic mass is 9.82. The molecule has 1 aliphatic carbocycles. The first kappa shape index (κ1) is 30.1. The van der Waals surface area contributed by atoms with E-state index >= 15 is 0 Å². The molecule has 0 N–H and O–H groups in total. The van der Waals surface area contributed by atoms with Crippen LogP contribution in [0.15, 0.2) is 174 Å². The summed E-state index contributed by atoms with van der Waals surface area (Å²) in [5.74, 6) is 1.81. The SMILES string of the molecule is CC1(C)c2ccccc2-c2ccc(N(c3ccc(-c4ccccc4)cc3)c3ccc(N4c5c(oc6ccccc56)C5Oc6ccccc6C54)cc3)cc21. The molecule has 11 rings (SSSR count). The van der Waals surface area contributed by atoms with E-state index in [2.05, 4.69) is 175 Å². The number of nitrogens with zero attached hydrogens (tertiary/aromatic N) is 2. The van der Waals surface area contributed by atoms with Crippen LogP contribution in [0.5, 0.6) is 5.75 Å². The third kappa shape index (κ3) is 4.42. The second kappa shape index (κ2) is 11.2. The molecule has 4 nitrogen and oxygen atoms in total. The molecule has 0 fully saturated rings. The van der Waals surface area contributed by atoms with E-state index in [1.807, 2.05) is 18.2 Å². The molecular weight excluding hydrogens is 649 g/mol. The van der Waals surface area contributed by atoms with E-state index in [9.17, 15) is 0 Å². The minimum Gasteiger partial charge on any atom is -0.479 e. The molecule has 0 saturated heterocycles. The molecule has 3 aliphatic rings. The molecule has 2 aliphatic heterocycles. The molecule has 0 radical (unpaired) electrons. The van der Waals surface area contributed by atoms with Gasteiger partial charge in [0.2, 0.25) is 0 Å². The summed E-state index contributed by atoms with van der Waals surface area (Å²) in [7, 11) is 0. The average molecular weight is 685 g/mol. The minimum absolute atomic E-state index is 0.0161. The van der Waals surface area contributed by atoms with Gasteiger partial charge in [0.15, 0.2) is 11.9 Å². The molecule has 1 aromatic heterocycles. The maximum atomic E-state index is 6.59. The Kier molecular flexibility index (Phi) is 6.39. The Morgan fingerprint density at radius 3 is 2.04 bits per heavy atom. The topological polar surface area (TPSA) is 28.9 Å². The van der Waals surface area contributed by atoms with E-state index < -0.39 is 0 Å². The molecule has 254 valence electrons. The summed E-state index contributed by atoms with van der Waals surface area (Å²) in [4.78, 5) is 4.81. The number of ether oxygens (including phenoxy) is 1. The molecular formula is C49H36N2O2. The van der Waals surface area contributed by atoms with E-state index in [1.165, 1.54) is 38.9 Å². The van der Waals surface area contributed by atoms with Crippen LogP contribution in [-0.2, 0) is 5.41 Å². The van der Waals surface area contributed by atoms with E-state index in [0.717, 1.165) is 50.9 Å². The van der Waals surface area contributed by atoms with Crippen LogP contribution in [0.1, 0.15) is 48.4 Å². The van der Waals surface area contributed by atoms with E-state index in [0.29, 0.717) is 0 Å². The molecule has 2 atom stereocenters. The first-order valence-corrected chi connectivity index (χ1v) is 18.4. The van der Waals surface area contributed by atoms with Crippen molar-refractivity contribution in [2.24, 2.45) is 0 Å². The van der Waals surface area contributed by atoms with Crippen molar-refractivity contribution in [3.63, 3.8) is 0 Å². The molecule has 7 aromatic carbocycles. The first-order valence-electron chi connectivity index (χ1n) is 18.4. The number of fused-ring (bicyclic) bond motifs is 10. The summed E-state index contributed by atoms with van der Waals surface area (Å²) in [6, 6.07) is 61.0. The summed E-state index contributed by atoms with van der Waals surface area (Å²) in [6.07, 6.45) is -0.215. The van der Waals surface area contributed by atoms with Crippen LogP contribution in [0.25, 0.3) is 33.2 Å². The lowest BCUT2D eigenvalue weighted by Gasteiger charge is -2.30. The number of benzene rings is 7. The summed E-state index contributed by atoms with van der Waals surface area (Å²) in [6.45, 7) is 4.69. The highest BCUT2D eigenvalue weighted by atomic mass is 16.5. The third-order valence-corrected chi connectivity index (χ3v) is 11.6. The minimum atomic E-state index is -0.215. The van der Waals surface area contributed by atoms with Gasteiger partial charge in [0.05, 0.1) is 5.69 Å². The van der Waals surface area contributed by atoms with Gasteiger partial charge in [0.1, 0.15) is 17.4 Å². The highest BCUT2D eigenvalue weighted by Gasteiger charge is 2.51. The number of hydrogen-bond acceptors (Lipinski definition) is 4. The Bertz CT molecular complexity index is 2690. The highest BCUT2D eigenvalue weighted by Crippen LogP contribution is 2.61. The molecule has 0 bridgehead atoms. The van der Waals surface area contributed by atoms with E-state index in [-0.39, 0.29) is 17.6 Å². The van der Waals surface area contributed by atoms with E-state index in [1.54, 1.807) is 0 Å². The molecule has 0 spiro atoms. The third-order valence-electron chi connectivity index (χ3n) is 11.6. The predicted octanol–water partition coefficient (Wildman–Crippen LogP) is 13.2. The summed E-state index contributed by atoms with van der Waals surface area (Å²) in [5.41, 5.74) is 15.2. The molecule has 53 heavy (non-hydrogen) atoms. The fourth-order valence-corrected chi connectivity index (χ4v) is 9.06. The molecule has 0 amide bonds. The van der Waals surface area contributed by atoms with Crippen LogP contribution >= 0.6 is 0 Å². The Morgan fingerprint density at radius 2 is 1.21 bits per heavy atom. The first-order chi connectivity index (χ1) is 26.0. The lowest BCUT2D eigenvalue weighted by molar-refractivity contribution is 0.196. The average Bonchev–Trinajstić information content (AvgIpc) is 3.92. The van der Waals surface area contributed by atoms with Gasteiger partial charge in [-0.3, -0.25) is 0 Å². The Balaban J connectivity index is 1.04. The Hall–Kier alpha value is -6.52. The summed E-state index contributed by atoms with van der Waals surface area (Å²) in [5, 5.41) is 1.10. The Labute approximate surface area is 309 Å². The fraction of sp³-hybridized carbons (Fsp3) is 0.102. The van der Waals surface area contributed by atoms with Crippen LogP contribution in [0.3, 0.4) is 0 Å². The number of rotatable bonds is 5. The van der Waals surface area contributed by atoms with Crippen molar-refractivity contribution in [3.8, 4) is 28.0 Å². The molecule has 0 saturated carbocycles.